The average Bonchev–Trinajstić information content (AvgIpc) is 2.95. The Balaban J connectivity index is 1.69. The molecule has 0 saturated heterocycles. The molecule has 0 bridgehead atoms. The van der Waals surface area contributed by atoms with Crippen molar-refractivity contribution in [2.75, 3.05) is 0 Å². The van der Waals surface area contributed by atoms with Gasteiger partial charge in [0, 0.05) is 16.7 Å². The molecule has 130 valence electrons. The Morgan fingerprint density at radius 1 is 0.704 bits per heavy atom. The highest BCUT2D eigenvalue weighted by atomic mass is 14.4. The molecular formula is C27H22. The molecular weight excluding hydrogens is 324 g/mol. The van der Waals surface area contributed by atoms with Gasteiger partial charge in [0.25, 0.3) is 0 Å². The summed E-state index contributed by atoms with van der Waals surface area (Å²) in [5, 5.41) is 0. The molecule has 0 aliphatic heterocycles. The predicted octanol–water partition coefficient (Wildman–Crippen LogP) is 5.80. The van der Waals surface area contributed by atoms with Crippen molar-refractivity contribution in [3.05, 3.63) is 107 Å². The Morgan fingerprint density at radius 3 is 2.11 bits per heavy atom. The van der Waals surface area contributed by atoms with Crippen LogP contribution in [0.25, 0.3) is 0 Å². The van der Waals surface area contributed by atoms with E-state index >= 15 is 0 Å². The quantitative estimate of drug-likeness (QED) is 0.451. The van der Waals surface area contributed by atoms with E-state index in [9.17, 15) is 0 Å². The van der Waals surface area contributed by atoms with Crippen molar-refractivity contribution in [3.8, 4) is 23.7 Å². The van der Waals surface area contributed by atoms with Crippen LogP contribution in [0.1, 0.15) is 47.6 Å². The van der Waals surface area contributed by atoms with E-state index in [1.807, 2.05) is 48.5 Å². The third kappa shape index (κ3) is 3.67. The lowest BCUT2D eigenvalue weighted by Gasteiger charge is -2.22. The zero-order valence-electron chi connectivity index (χ0n) is 15.8. The summed E-state index contributed by atoms with van der Waals surface area (Å²) in [6.07, 6.45) is 1.08. The van der Waals surface area contributed by atoms with Gasteiger partial charge in [0.05, 0.1) is 5.92 Å². The van der Waals surface area contributed by atoms with Gasteiger partial charge < -0.3 is 0 Å². The summed E-state index contributed by atoms with van der Waals surface area (Å²) >= 11 is 0. The second-order valence-corrected chi connectivity index (χ2v) is 7.73. The van der Waals surface area contributed by atoms with Crippen molar-refractivity contribution in [1.29, 1.82) is 0 Å². The smallest absolute Gasteiger partial charge is 0.0512 e. The minimum Gasteiger partial charge on any atom is -0.0891 e. The molecule has 1 aliphatic rings. The molecule has 0 saturated carbocycles. The highest BCUT2D eigenvalue weighted by molar-refractivity contribution is 5.54. The molecule has 4 rings (SSSR count). The van der Waals surface area contributed by atoms with Gasteiger partial charge in [-0.2, -0.15) is 0 Å². The van der Waals surface area contributed by atoms with Gasteiger partial charge in [0.15, 0.2) is 0 Å². The molecule has 1 aliphatic carbocycles. The van der Waals surface area contributed by atoms with Crippen LogP contribution < -0.4 is 0 Å². The fraction of sp³-hybridized carbons (Fsp3) is 0.185. The molecule has 1 unspecified atom stereocenters. The zero-order valence-corrected chi connectivity index (χ0v) is 15.8. The molecule has 0 radical (unpaired) electrons. The zero-order chi connectivity index (χ0) is 18.7. The third-order valence-electron chi connectivity index (χ3n) is 5.19. The highest BCUT2D eigenvalue weighted by Gasteiger charge is 2.37. The van der Waals surface area contributed by atoms with E-state index < -0.39 is 0 Å². The number of hydrogen-bond acceptors (Lipinski definition) is 0. The summed E-state index contributed by atoms with van der Waals surface area (Å²) in [7, 11) is 0. The minimum atomic E-state index is 0.154. The van der Waals surface area contributed by atoms with Crippen LogP contribution in [0, 0.1) is 29.1 Å². The van der Waals surface area contributed by atoms with E-state index in [-0.39, 0.29) is 11.3 Å². The van der Waals surface area contributed by atoms with Gasteiger partial charge in [-0.3, -0.25) is 0 Å². The predicted molar refractivity (Wildman–Crippen MR) is 112 cm³/mol. The molecule has 3 aromatic rings. The molecule has 0 N–H and O–H groups in total. The lowest BCUT2D eigenvalue weighted by atomic mass is 9.80. The van der Waals surface area contributed by atoms with E-state index in [1.165, 1.54) is 11.1 Å². The molecule has 0 spiro atoms. The Morgan fingerprint density at radius 2 is 1.33 bits per heavy atom. The fourth-order valence-electron chi connectivity index (χ4n) is 3.78. The molecule has 0 heterocycles. The maximum absolute atomic E-state index is 3.57. The first-order chi connectivity index (χ1) is 13.1. The first kappa shape index (κ1) is 17.2. The minimum absolute atomic E-state index is 0.154. The molecule has 0 nitrogen and oxygen atoms in total. The molecule has 0 amide bonds. The van der Waals surface area contributed by atoms with Crippen molar-refractivity contribution < 1.29 is 0 Å². The molecule has 27 heavy (non-hydrogen) atoms. The Bertz CT molecular complexity index is 1080. The van der Waals surface area contributed by atoms with Gasteiger partial charge in [-0.1, -0.05) is 92.1 Å². The first-order valence-electron chi connectivity index (χ1n) is 9.39. The lowest BCUT2D eigenvalue weighted by Crippen LogP contribution is -2.16. The summed E-state index contributed by atoms with van der Waals surface area (Å²) < 4.78 is 0. The van der Waals surface area contributed by atoms with E-state index in [0.717, 1.165) is 23.1 Å². The van der Waals surface area contributed by atoms with Crippen molar-refractivity contribution in [3.63, 3.8) is 0 Å². The van der Waals surface area contributed by atoms with Crippen LogP contribution in [0.4, 0.5) is 0 Å². The van der Waals surface area contributed by atoms with Crippen LogP contribution in [-0.2, 0) is 6.42 Å². The highest BCUT2D eigenvalue weighted by Crippen LogP contribution is 2.46. The Hall–Kier alpha value is -3.22. The van der Waals surface area contributed by atoms with Gasteiger partial charge in [-0.15, -0.1) is 0 Å². The Labute approximate surface area is 162 Å². The number of benzene rings is 3. The van der Waals surface area contributed by atoms with Crippen molar-refractivity contribution in [1.82, 2.24) is 0 Å². The van der Waals surface area contributed by atoms with Crippen molar-refractivity contribution in [2.24, 2.45) is 5.41 Å². The molecule has 0 aromatic heterocycles. The van der Waals surface area contributed by atoms with Crippen LogP contribution >= 0.6 is 0 Å². The SMILES string of the molecule is CC1(C)Cc2ccccc2C1C#Cc1ccccc1C#Cc1ccccc1. The van der Waals surface area contributed by atoms with Crippen LogP contribution in [0.3, 0.4) is 0 Å². The van der Waals surface area contributed by atoms with Crippen LogP contribution in [0.5, 0.6) is 0 Å². The average molecular weight is 346 g/mol. The van der Waals surface area contributed by atoms with Crippen LogP contribution in [0.15, 0.2) is 78.9 Å². The fourth-order valence-corrected chi connectivity index (χ4v) is 3.78. The maximum atomic E-state index is 3.57. The van der Waals surface area contributed by atoms with E-state index in [2.05, 4.69) is 67.9 Å². The van der Waals surface area contributed by atoms with Crippen molar-refractivity contribution >= 4 is 0 Å². The van der Waals surface area contributed by atoms with Gasteiger partial charge >= 0.3 is 0 Å². The second kappa shape index (κ2) is 7.19. The maximum Gasteiger partial charge on any atom is 0.0512 e. The summed E-state index contributed by atoms with van der Waals surface area (Å²) in [5.74, 6) is 13.8. The van der Waals surface area contributed by atoms with Crippen molar-refractivity contribution in [2.45, 2.75) is 26.2 Å². The van der Waals surface area contributed by atoms with E-state index in [4.69, 9.17) is 0 Å². The molecule has 3 aromatic carbocycles. The lowest BCUT2D eigenvalue weighted by molar-refractivity contribution is 0.361. The monoisotopic (exact) mass is 346 g/mol. The standard InChI is InChI=1S/C27H22/c1-27(2)20-24-14-8-9-15-25(24)26(27)19-18-23-13-7-6-12-22(23)17-16-21-10-4-3-5-11-21/h3-15,26H,20H2,1-2H3. The summed E-state index contributed by atoms with van der Waals surface area (Å²) in [6, 6.07) is 27.0. The van der Waals surface area contributed by atoms with Gasteiger partial charge in [-0.05, 0) is 47.2 Å². The van der Waals surface area contributed by atoms with E-state index in [1.54, 1.807) is 0 Å². The molecule has 0 fully saturated rings. The second-order valence-electron chi connectivity index (χ2n) is 7.73. The largest absolute Gasteiger partial charge is 0.0891 e. The van der Waals surface area contributed by atoms with Gasteiger partial charge in [0.2, 0.25) is 0 Å². The van der Waals surface area contributed by atoms with E-state index in [0.29, 0.717) is 0 Å². The first-order valence-corrected chi connectivity index (χ1v) is 9.39. The topological polar surface area (TPSA) is 0 Å². The third-order valence-corrected chi connectivity index (χ3v) is 5.19. The van der Waals surface area contributed by atoms with Gasteiger partial charge in [0.1, 0.15) is 0 Å². The van der Waals surface area contributed by atoms with Crippen LogP contribution in [0.2, 0.25) is 0 Å². The summed E-state index contributed by atoms with van der Waals surface area (Å²) in [4.78, 5) is 0. The molecule has 0 heteroatoms. The normalized spacial score (nSPS) is 16.4. The number of fused-ring (bicyclic) bond motifs is 1. The Kier molecular flexibility index (Phi) is 4.58. The number of hydrogen-bond donors (Lipinski definition) is 0. The molecule has 1 atom stereocenters. The summed E-state index contributed by atoms with van der Waals surface area (Å²) in [5.41, 5.74) is 5.97. The van der Waals surface area contributed by atoms with Gasteiger partial charge in [-0.25, -0.2) is 0 Å². The summed E-state index contributed by atoms with van der Waals surface area (Å²) in [6.45, 7) is 4.63. The number of rotatable bonds is 0. The van der Waals surface area contributed by atoms with Crippen LogP contribution in [-0.4, -0.2) is 0 Å².